The number of carbonyl (C=O) groups excluding carboxylic acids is 3. The van der Waals surface area contributed by atoms with Crippen LogP contribution in [0.2, 0.25) is 0 Å². The molecule has 0 fully saturated rings. The molecule has 1 atom stereocenters. The van der Waals surface area contributed by atoms with Gasteiger partial charge in [0.15, 0.2) is 11.5 Å². The number of hydrogen-bond acceptors (Lipinski definition) is 7. The lowest BCUT2D eigenvalue weighted by molar-refractivity contribution is -0.143. The molecular formula is C43H44N2O7. The average Bonchev–Trinajstić information content (AvgIpc) is 3.19. The number of ether oxygens (including phenoxy) is 4. The van der Waals surface area contributed by atoms with Crippen molar-refractivity contribution in [1.29, 1.82) is 0 Å². The second-order valence-electron chi connectivity index (χ2n) is 12.2. The van der Waals surface area contributed by atoms with Crippen LogP contribution in [-0.2, 0) is 40.6 Å². The summed E-state index contributed by atoms with van der Waals surface area (Å²) in [5.74, 6) is -0.157. The van der Waals surface area contributed by atoms with Crippen LogP contribution >= 0.6 is 0 Å². The average molecular weight is 701 g/mol. The van der Waals surface area contributed by atoms with E-state index in [1.54, 1.807) is 12.1 Å². The lowest BCUT2D eigenvalue weighted by Gasteiger charge is -2.20. The highest BCUT2D eigenvalue weighted by atomic mass is 16.5. The maximum Gasteiger partial charge on any atom is 0.328 e. The fourth-order valence-electron chi connectivity index (χ4n) is 5.44. The molecule has 268 valence electrons. The highest BCUT2D eigenvalue weighted by molar-refractivity contribution is 5.98. The van der Waals surface area contributed by atoms with Gasteiger partial charge in [0.1, 0.15) is 25.9 Å². The summed E-state index contributed by atoms with van der Waals surface area (Å²) in [5.41, 5.74) is 3.97. The number of benzene rings is 5. The zero-order valence-corrected chi connectivity index (χ0v) is 29.3. The number of carbonyl (C=O) groups is 3. The lowest BCUT2D eigenvalue weighted by Crippen LogP contribution is -2.41. The van der Waals surface area contributed by atoms with E-state index in [1.165, 1.54) is 7.11 Å². The van der Waals surface area contributed by atoms with Gasteiger partial charge in [-0.2, -0.15) is 0 Å². The maximum atomic E-state index is 13.8. The van der Waals surface area contributed by atoms with Gasteiger partial charge >= 0.3 is 5.97 Å². The molecule has 0 spiro atoms. The quantitative estimate of drug-likeness (QED) is 0.0691. The molecule has 0 radical (unpaired) electrons. The fourth-order valence-corrected chi connectivity index (χ4v) is 5.44. The van der Waals surface area contributed by atoms with Crippen LogP contribution in [-0.4, -0.2) is 37.5 Å². The van der Waals surface area contributed by atoms with Crippen molar-refractivity contribution in [3.63, 3.8) is 0 Å². The van der Waals surface area contributed by atoms with Crippen LogP contribution in [0.5, 0.6) is 17.2 Å². The van der Waals surface area contributed by atoms with Gasteiger partial charge in [-0.05, 0) is 53.6 Å². The Morgan fingerprint density at radius 2 is 1.06 bits per heavy atom. The van der Waals surface area contributed by atoms with Crippen LogP contribution in [0, 0.1) is 0 Å². The number of esters is 1. The Bertz CT molecular complexity index is 1790. The third kappa shape index (κ3) is 11.8. The molecule has 2 N–H and O–H groups in total. The van der Waals surface area contributed by atoms with Crippen molar-refractivity contribution in [2.24, 2.45) is 0 Å². The Labute approximate surface area is 304 Å². The van der Waals surface area contributed by atoms with Crippen molar-refractivity contribution >= 4 is 17.8 Å². The van der Waals surface area contributed by atoms with E-state index >= 15 is 0 Å². The first-order chi connectivity index (χ1) is 25.5. The van der Waals surface area contributed by atoms with E-state index in [9.17, 15) is 14.4 Å². The summed E-state index contributed by atoms with van der Waals surface area (Å²) in [5, 5.41) is 5.76. The van der Waals surface area contributed by atoms with E-state index < -0.39 is 17.9 Å². The molecule has 0 unspecified atom stereocenters. The Balaban J connectivity index is 1.32. The predicted molar refractivity (Wildman–Crippen MR) is 199 cm³/mol. The summed E-state index contributed by atoms with van der Waals surface area (Å²) in [6.45, 7) is 1.13. The second kappa shape index (κ2) is 19.9. The van der Waals surface area contributed by atoms with Crippen LogP contribution in [0.1, 0.15) is 51.9 Å². The van der Waals surface area contributed by atoms with Crippen LogP contribution in [0.4, 0.5) is 0 Å². The number of rotatable bonds is 19. The molecule has 0 aliphatic heterocycles. The lowest BCUT2D eigenvalue weighted by atomic mass is 10.1. The van der Waals surface area contributed by atoms with Crippen LogP contribution in [0.3, 0.4) is 0 Å². The van der Waals surface area contributed by atoms with E-state index in [-0.39, 0.29) is 31.3 Å². The summed E-state index contributed by atoms with van der Waals surface area (Å²) >= 11 is 0. The molecule has 0 aliphatic rings. The first kappa shape index (κ1) is 37.2. The molecule has 9 nitrogen and oxygen atoms in total. The van der Waals surface area contributed by atoms with Crippen molar-refractivity contribution in [2.75, 3.05) is 13.7 Å². The summed E-state index contributed by atoms with van der Waals surface area (Å²) in [6.07, 6.45) is 1.80. The van der Waals surface area contributed by atoms with E-state index in [0.29, 0.717) is 49.5 Å². The predicted octanol–water partition coefficient (Wildman–Crippen LogP) is 7.22. The Hall–Kier alpha value is -6.09. The molecule has 5 aromatic rings. The largest absolute Gasteiger partial charge is 0.485 e. The number of methoxy groups -OCH3 is 1. The molecule has 0 heterocycles. The summed E-state index contributed by atoms with van der Waals surface area (Å²) in [7, 11) is 1.29. The van der Waals surface area contributed by atoms with Crippen molar-refractivity contribution < 1.29 is 33.3 Å². The second-order valence-corrected chi connectivity index (χ2v) is 12.2. The summed E-state index contributed by atoms with van der Waals surface area (Å²) < 4.78 is 24.0. The minimum Gasteiger partial charge on any atom is -0.485 e. The van der Waals surface area contributed by atoms with Gasteiger partial charge in [0.05, 0.1) is 13.5 Å². The Morgan fingerprint density at radius 3 is 1.54 bits per heavy atom. The first-order valence-electron chi connectivity index (χ1n) is 17.4. The van der Waals surface area contributed by atoms with E-state index in [1.807, 2.05) is 121 Å². The monoisotopic (exact) mass is 700 g/mol. The van der Waals surface area contributed by atoms with Gasteiger partial charge in [0, 0.05) is 12.1 Å². The molecular weight excluding hydrogens is 656 g/mol. The van der Waals surface area contributed by atoms with Crippen molar-refractivity contribution in [3.05, 3.63) is 161 Å². The van der Waals surface area contributed by atoms with Gasteiger partial charge in [-0.1, -0.05) is 121 Å². The number of nitrogens with one attached hydrogen (secondary N) is 2. The zero-order chi connectivity index (χ0) is 36.4. The maximum absolute atomic E-state index is 13.8. The molecule has 9 heteroatoms. The van der Waals surface area contributed by atoms with Crippen LogP contribution < -0.4 is 24.8 Å². The van der Waals surface area contributed by atoms with Gasteiger partial charge < -0.3 is 29.6 Å². The van der Waals surface area contributed by atoms with Crippen molar-refractivity contribution in [3.8, 4) is 17.2 Å². The van der Waals surface area contributed by atoms with E-state index in [4.69, 9.17) is 18.9 Å². The van der Waals surface area contributed by atoms with Gasteiger partial charge in [0.2, 0.25) is 11.7 Å². The fraction of sp³-hybridized carbons (Fsp3) is 0.233. The zero-order valence-electron chi connectivity index (χ0n) is 29.3. The van der Waals surface area contributed by atoms with E-state index in [2.05, 4.69) is 10.6 Å². The molecule has 2 amide bonds. The SMILES string of the molecule is COC(=O)[C@H](CCCCNC(=O)Cc1ccccc1)NC(=O)c1cc(OCc2ccccc2)c(OCc2ccccc2)c(OCc2ccccc2)c1. The Morgan fingerprint density at radius 1 is 0.596 bits per heavy atom. The van der Waals surface area contributed by atoms with Gasteiger partial charge in [0.25, 0.3) is 5.91 Å². The molecule has 52 heavy (non-hydrogen) atoms. The molecule has 0 bridgehead atoms. The number of hydrogen-bond donors (Lipinski definition) is 2. The van der Waals surface area contributed by atoms with E-state index in [0.717, 1.165) is 22.3 Å². The minimum absolute atomic E-state index is 0.0733. The van der Waals surface area contributed by atoms with Crippen LogP contribution in [0.15, 0.2) is 133 Å². The molecule has 0 aromatic heterocycles. The van der Waals surface area contributed by atoms with Gasteiger partial charge in [-0.15, -0.1) is 0 Å². The highest BCUT2D eigenvalue weighted by Crippen LogP contribution is 2.40. The summed E-state index contributed by atoms with van der Waals surface area (Å²) in [6, 6.07) is 40.9. The first-order valence-corrected chi connectivity index (χ1v) is 17.4. The van der Waals surface area contributed by atoms with Crippen molar-refractivity contribution in [2.45, 2.75) is 51.5 Å². The van der Waals surface area contributed by atoms with Crippen molar-refractivity contribution in [1.82, 2.24) is 10.6 Å². The topological polar surface area (TPSA) is 112 Å². The number of unbranched alkanes of at least 4 members (excludes halogenated alkanes) is 1. The molecule has 0 saturated heterocycles. The van der Waals surface area contributed by atoms with Gasteiger partial charge in [-0.25, -0.2) is 4.79 Å². The third-order valence-electron chi connectivity index (χ3n) is 8.22. The van der Waals surface area contributed by atoms with Gasteiger partial charge in [-0.3, -0.25) is 9.59 Å². The summed E-state index contributed by atoms with van der Waals surface area (Å²) in [4.78, 5) is 39.0. The Kier molecular flexibility index (Phi) is 14.2. The molecule has 0 aliphatic carbocycles. The molecule has 5 aromatic carbocycles. The molecule has 0 saturated carbocycles. The normalized spacial score (nSPS) is 11.2. The smallest absolute Gasteiger partial charge is 0.328 e. The highest BCUT2D eigenvalue weighted by Gasteiger charge is 2.25. The minimum atomic E-state index is -0.908. The molecule has 5 rings (SSSR count). The van der Waals surface area contributed by atoms with Crippen LogP contribution in [0.25, 0.3) is 0 Å². The third-order valence-corrected chi connectivity index (χ3v) is 8.22. The number of amides is 2. The standard InChI is InChI=1S/C43H44N2O7/c1-49-43(48)37(24-14-15-25-44-40(46)26-32-16-6-2-7-17-32)45-42(47)36-27-38(50-29-33-18-8-3-9-19-33)41(52-31-35-22-12-5-13-23-35)39(28-36)51-30-34-20-10-4-11-21-34/h2-13,16-23,27-28,37H,14-15,24-26,29-31H2,1H3,(H,44,46)(H,45,47)/t37-/m0/s1.